The number of rotatable bonds is 3. The third-order valence-electron chi connectivity index (χ3n) is 3.28. The van der Waals surface area contributed by atoms with Gasteiger partial charge >= 0.3 is 0 Å². The number of thiophene rings is 1. The standard InChI is InChI=1S/C14H13BrFNS/c15-11-7-9(16)3-4-10(11)12-5-6-13(18-12)14(17)8-1-2-8/h3-8,14H,1-2,17H2. The van der Waals surface area contributed by atoms with Crippen LogP contribution < -0.4 is 5.73 Å². The van der Waals surface area contributed by atoms with Crippen LogP contribution in [0.3, 0.4) is 0 Å². The maximum Gasteiger partial charge on any atom is 0.124 e. The lowest BCUT2D eigenvalue weighted by atomic mass is 10.1. The van der Waals surface area contributed by atoms with Crippen molar-refractivity contribution in [2.45, 2.75) is 18.9 Å². The molecule has 1 heterocycles. The molecule has 0 spiro atoms. The molecular formula is C14H13BrFNS. The zero-order valence-electron chi connectivity index (χ0n) is 9.70. The van der Waals surface area contributed by atoms with E-state index >= 15 is 0 Å². The zero-order valence-corrected chi connectivity index (χ0v) is 12.1. The van der Waals surface area contributed by atoms with Gasteiger partial charge in [-0.25, -0.2) is 4.39 Å². The summed E-state index contributed by atoms with van der Waals surface area (Å²) in [4.78, 5) is 2.36. The Morgan fingerprint density at radius 1 is 1.28 bits per heavy atom. The van der Waals surface area contributed by atoms with Crippen molar-refractivity contribution in [2.24, 2.45) is 11.7 Å². The molecule has 0 saturated heterocycles. The molecule has 2 N–H and O–H groups in total. The fourth-order valence-corrected chi connectivity index (χ4v) is 3.89. The van der Waals surface area contributed by atoms with Crippen molar-refractivity contribution in [1.29, 1.82) is 0 Å². The molecule has 1 saturated carbocycles. The van der Waals surface area contributed by atoms with Gasteiger partial charge in [0.2, 0.25) is 0 Å². The number of benzene rings is 1. The van der Waals surface area contributed by atoms with Crippen molar-refractivity contribution < 1.29 is 4.39 Å². The molecule has 4 heteroatoms. The molecule has 1 aromatic heterocycles. The van der Waals surface area contributed by atoms with Crippen molar-refractivity contribution in [3.63, 3.8) is 0 Å². The van der Waals surface area contributed by atoms with Crippen molar-refractivity contribution in [3.8, 4) is 10.4 Å². The van der Waals surface area contributed by atoms with Gasteiger partial charge in [-0.3, -0.25) is 0 Å². The van der Waals surface area contributed by atoms with Gasteiger partial charge in [0.05, 0.1) is 0 Å². The predicted octanol–water partition coefficient (Wildman–Crippen LogP) is 4.73. The van der Waals surface area contributed by atoms with Crippen LogP contribution in [0.25, 0.3) is 10.4 Å². The predicted molar refractivity (Wildman–Crippen MR) is 77.1 cm³/mol. The van der Waals surface area contributed by atoms with Crippen molar-refractivity contribution in [2.75, 3.05) is 0 Å². The van der Waals surface area contributed by atoms with Crippen LogP contribution in [-0.2, 0) is 0 Å². The van der Waals surface area contributed by atoms with Gasteiger partial charge in [0.1, 0.15) is 5.82 Å². The molecule has 1 atom stereocenters. The summed E-state index contributed by atoms with van der Waals surface area (Å²) >= 11 is 5.11. The summed E-state index contributed by atoms with van der Waals surface area (Å²) in [5.74, 6) is 0.435. The molecular weight excluding hydrogens is 313 g/mol. The second kappa shape index (κ2) is 4.76. The van der Waals surface area contributed by atoms with Crippen LogP contribution in [0, 0.1) is 11.7 Å². The van der Waals surface area contributed by atoms with E-state index in [0.29, 0.717) is 5.92 Å². The average molecular weight is 326 g/mol. The highest BCUT2D eigenvalue weighted by Gasteiger charge is 2.30. The minimum Gasteiger partial charge on any atom is -0.323 e. The van der Waals surface area contributed by atoms with E-state index in [4.69, 9.17) is 5.73 Å². The molecule has 1 aliphatic rings. The van der Waals surface area contributed by atoms with Gasteiger partial charge in [-0.05, 0) is 49.1 Å². The van der Waals surface area contributed by atoms with Crippen molar-refractivity contribution >= 4 is 27.3 Å². The summed E-state index contributed by atoms with van der Waals surface area (Å²) in [6.45, 7) is 0. The van der Waals surface area contributed by atoms with Gasteiger partial charge in [0, 0.05) is 25.8 Å². The quantitative estimate of drug-likeness (QED) is 0.867. The van der Waals surface area contributed by atoms with Gasteiger partial charge in [-0.1, -0.05) is 15.9 Å². The first-order valence-corrected chi connectivity index (χ1v) is 7.57. The molecule has 1 nitrogen and oxygen atoms in total. The second-order valence-corrected chi connectivity index (χ2v) is 6.66. The fraction of sp³-hybridized carbons (Fsp3) is 0.286. The van der Waals surface area contributed by atoms with Crippen LogP contribution >= 0.6 is 27.3 Å². The maximum absolute atomic E-state index is 13.1. The zero-order chi connectivity index (χ0) is 12.7. The monoisotopic (exact) mass is 325 g/mol. The Morgan fingerprint density at radius 2 is 2.06 bits per heavy atom. The first-order valence-electron chi connectivity index (χ1n) is 5.96. The van der Waals surface area contributed by atoms with E-state index in [0.717, 1.165) is 14.9 Å². The Balaban J connectivity index is 1.92. The van der Waals surface area contributed by atoms with Crippen LogP contribution in [0.4, 0.5) is 4.39 Å². The Hall–Kier alpha value is -0.710. The summed E-state index contributed by atoms with van der Waals surface area (Å²) < 4.78 is 13.9. The molecule has 18 heavy (non-hydrogen) atoms. The smallest absolute Gasteiger partial charge is 0.124 e. The Kier molecular flexibility index (Phi) is 3.26. The van der Waals surface area contributed by atoms with E-state index in [9.17, 15) is 4.39 Å². The number of nitrogens with two attached hydrogens (primary N) is 1. The highest BCUT2D eigenvalue weighted by atomic mass is 79.9. The first-order chi connectivity index (χ1) is 8.65. The summed E-state index contributed by atoms with van der Waals surface area (Å²) in [5.41, 5.74) is 7.22. The molecule has 0 aliphatic heterocycles. The van der Waals surface area contributed by atoms with E-state index in [1.807, 2.05) is 0 Å². The molecule has 3 rings (SSSR count). The largest absolute Gasteiger partial charge is 0.323 e. The lowest BCUT2D eigenvalue weighted by Gasteiger charge is -2.06. The molecule has 1 fully saturated rings. The van der Waals surface area contributed by atoms with E-state index in [-0.39, 0.29) is 11.9 Å². The van der Waals surface area contributed by atoms with E-state index in [1.54, 1.807) is 17.4 Å². The van der Waals surface area contributed by atoms with Crippen LogP contribution in [0.2, 0.25) is 0 Å². The molecule has 0 radical (unpaired) electrons. The number of hydrogen-bond acceptors (Lipinski definition) is 2. The van der Waals surface area contributed by atoms with Crippen molar-refractivity contribution in [1.82, 2.24) is 0 Å². The van der Waals surface area contributed by atoms with Gasteiger partial charge < -0.3 is 5.73 Å². The lowest BCUT2D eigenvalue weighted by molar-refractivity contribution is 0.627. The van der Waals surface area contributed by atoms with Crippen LogP contribution in [0.5, 0.6) is 0 Å². The van der Waals surface area contributed by atoms with Gasteiger partial charge in [0.15, 0.2) is 0 Å². The molecule has 0 bridgehead atoms. The highest BCUT2D eigenvalue weighted by molar-refractivity contribution is 9.10. The topological polar surface area (TPSA) is 26.0 Å². The van der Waals surface area contributed by atoms with E-state index < -0.39 is 0 Å². The van der Waals surface area contributed by atoms with Crippen LogP contribution in [-0.4, -0.2) is 0 Å². The molecule has 1 aliphatic carbocycles. The summed E-state index contributed by atoms with van der Waals surface area (Å²) in [6, 6.07) is 9.12. The molecule has 94 valence electrons. The summed E-state index contributed by atoms with van der Waals surface area (Å²) in [5, 5.41) is 0. The second-order valence-electron chi connectivity index (χ2n) is 4.69. The third kappa shape index (κ3) is 2.37. The first kappa shape index (κ1) is 12.3. The normalized spacial score (nSPS) is 16.8. The Bertz CT molecular complexity index is 577. The molecule has 1 unspecified atom stereocenters. The summed E-state index contributed by atoms with van der Waals surface area (Å²) in [6.07, 6.45) is 2.49. The minimum absolute atomic E-state index is 0.169. The highest BCUT2D eigenvalue weighted by Crippen LogP contribution is 2.43. The van der Waals surface area contributed by atoms with Crippen LogP contribution in [0.1, 0.15) is 23.8 Å². The van der Waals surface area contributed by atoms with E-state index in [2.05, 4.69) is 28.1 Å². The number of hydrogen-bond donors (Lipinski definition) is 1. The maximum atomic E-state index is 13.1. The molecule has 2 aromatic rings. The van der Waals surface area contributed by atoms with Gasteiger partial charge in [-0.2, -0.15) is 0 Å². The minimum atomic E-state index is -0.225. The lowest BCUT2D eigenvalue weighted by Crippen LogP contribution is -2.10. The van der Waals surface area contributed by atoms with Gasteiger partial charge in [0.25, 0.3) is 0 Å². The molecule has 0 amide bonds. The van der Waals surface area contributed by atoms with Crippen LogP contribution in [0.15, 0.2) is 34.8 Å². The third-order valence-corrected chi connectivity index (χ3v) is 5.16. The van der Waals surface area contributed by atoms with E-state index in [1.165, 1.54) is 29.9 Å². The SMILES string of the molecule is NC(c1ccc(-c2ccc(F)cc2Br)s1)C1CC1. The average Bonchev–Trinajstić information content (AvgIpc) is 3.07. The van der Waals surface area contributed by atoms with Crippen molar-refractivity contribution in [3.05, 3.63) is 45.5 Å². The fourth-order valence-electron chi connectivity index (χ4n) is 2.05. The summed E-state index contributed by atoms with van der Waals surface area (Å²) in [7, 11) is 0. The van der Waals surface area contributed by atoms with Gasteiger partial charge in [-0.15, -0.1) is 11.3 Å². The molecule has 1 aromatic carbocycles. The Morgan fingerprint density at radius 3 is 2.72 bits per heavy atom. The Labute approximate surface area is 118 Å². The number of halogens is 2.